The molecule has 4 aromatic rings. The predicted octanol–water partition coefficient (Wildman–Crippen LogP) is 6.26. The molecule has 2 aromatic carbocycles. The Labute approximate surface area is 235 Å². The maximum absolute atomic E-state index is 13.5. The van der Waals surface area contributed by atoms with E-state index in [1.54, 1.807) is 17.2 Å². The number of nitrogens with zero attached hydrogens (tertiary/aromatic N) is 2. The lowest BCUT2D eigenvalue weighted by atomic mass is 9.91. The van der Waals surface area contributed by atoms with Crippen molar-refractivity contribution >= 4 is 56.5 Å². The number of hydrogen-bond acceptors (Lipinski definition) is 6. The van der Waals surface area contributed by atoms with Gasteiger partial charge < -0.3 is 20.7 Å². The molecule has 1 saturated carbocycles. The molecule has 0 atom stereocenters. The van der Waals surface area contributed by atoms with Gasteiger partial charge in [-0.25, -0.2) is 9.78 Å². The molecule has 0 bridgehead atoms. The second kappa shape index (κ2) is 10.6. The van der Waals surface area contributed by atoms with Gasteiger partial charge in [-0.1, -0.05) is 18.2 Å². The van der Waals surface area contributed by atoms with Crippen molar-refractivity contribution in [2.75, 3.05) is 10.2 Å². The summed E-state index contributed by atoms with van der Waals surface area (Å²) in [6, 6.07) is 16.7. The number of anilines is 3. The molecule has 1 aliphatic carbocycles. The first kappa shape index (κ1) is 25.8. The van der Waals surface area contributed by atoms with Gasteiger partial charge in [-0.3, -0.25) is 14.5 Å². The third kappa shape index (κ3) is 4.98. The molecule has 0 saturated heterocycles. The third-order valence-corrected chi connectivity index (χ3v) is 8.41. The molecular weight excluding hydrogens is 526 g/mol. The van der Waals surface area contributed by atoms with Crippen molar-refractivity contribution in [1.82, 2.24) is 15.6 Å². The number of rotatable bonds is 6. The minimum absolute atomic E-state index is 0.0115. The minimum atomic E-state index is -0.344. The number of benzene rings is 2. The number of ether oxygens (including phenoxy) is 1. The van der Waals surface area contributed by atoms with Crippen LogP contribution >= 0.6 is 11.3 Å². The van der Waals surface area contributed by atoms with Crippen LogP contribution in [0.1, 0.15) is 47.8 Å². The molecule has 9 nitrogen and oxygen atoms in total. The van der Waals surface area contributed by atoms with Crippen molar-refractivity contribution in [2.24, 2.45) is 0 Å². The van der Waals surface area contributed by atoms with Crippen LogP contribution in [0.15, 0.2) is 60.8 Å². The van der Waals surface area contributed by atoms with Gasteiger partial charge in [0.1, 0.15) is 21.2 Å². The zero-order valence-electron chi connectivity index (χ0n) is 22.2. The Morgan fingerprint density at radius 2 is 1.70 bits per heavy atom. The number of pyridine rings is 1. The van der Waals surface area contributed by atoms with Gasteiger partial charge in [0.2, 0.25) is 5.91 Å². The first-order chi connectivity index (χ1) is 19.4. The summed E-state index contributed by atoms with van der Waals surface area (Å²) < 4.78 is 5.97. The summed E-state index contributed by atoms with van der Waals surface area (Å²) in [7, 11) is 0. The summed E-state index contributed by atoms with van der Waals surface area (Å²) in [6.45, 7) is 3.46. The molecular formula is C30H29N5O4S. The van der Waals surface area contributed by atoms with Gasteiger partial charge in [0.25, 0.3) is 5.91 Å². The van der Waals surface area contributed by atoms with Gasteiger partial charge in [0.15, 0.2) is 0 Å². The Morgan fingerprint density at radius 1 is 0.975 bits per heavy atom. The topological polar surface area (TPSA) is 113 Å². The van der Waals surface area contributed by atoms with Crippen molar-refractivity contribution in [3.05, 3.63) is 71.2 Å². The first-order valence-electron chi connectivity index (χ1n) is 13.3. The van der Waals surface area contributed by atoms with Crippen LogP contribution in [0.25, 0.3) is 10.2 Å². The van der Waals surface area contributed by atoms with E-state index in [2.05, 4.69) is 20.9 Å². The van der Waals surface area contributed by atoms with Crippen molar-refractivity contribution in [2.45, 2.75) is 51.6 Å². The SMILES string of the molecule is CC(=O)N[C@H]1CC[C@H](NC(=O)c2sc3nccc4c3c2NC(=O)N4c2ccc(Oc3ccccc3)cc2C)CC1. The van der Waals surface area contributed by atoms with E-state index < -0.39 is 0 Å². The van der Waals surface area contributed by atoms with E-state index in [-0.39, 0.29) is 29.9 Å². The summed E-state index contributed by atoms with van der Waals surface area (Å²) in [5, 5.41) is 9.81. The summed E-state index contributed by atoms with van der Waals surface area (Å²) in [5.74, 6) is 1.15. The number of nitrogens with one attached hydrogen (secondary N) is 3. The molecule has 0 unspecified atom stereocenters. The molecule has 204 valence electrons. The Hall–Kier alpha value is -4.44. The highest BCUT2D eigenvalue weighted by molar-refractivity contribution is 7.21. The van der Waals surface area contributed by atoms with Crippen LogP contribution in [0, 0.1) is 6.92 Å². The van der Waals surface area contributed by atoms with Gasteiger partial charge in [-0.05, 0) is 74.6 Å². The maximum atomic E-state index is 13.5. The first-order valence-corrected chi connectivity index (χ1v) is 14.1. The summed E-state index contributed by atoms with van der Waals surface area (Å²) in [5.41, 5.74) is 2.74. The fraction of sp³-hybridized carbons (Fsp3) is 0.267. The van der Waals surface area contributed by atoms with Crippen LogP contribution in [0.4, 0.5) is 21.9 Å². The van der Waals surface area contributed by atoms with Crippen molar-refractivity contribution < 1.29 is 19.1 Å². The number of carbonyl (C=O) groups is 3. The summed E-state index contributed by atoms with van der Waals surface area (Å²) in [6.07, 6.45) is 4.86. The van der Waals surface area contributed by atoms with E-state index >= 15 is 0 Å². The van der Waals surface area contributed by atoms with E-state index in [0.29, 0.717) is 32.5 Å². The fourth-order valence-corrected chi connectivity index (χ4v) is 6.49. The molecule has 40 heavy (non-hydrogen) atoms. The zero-order chi connectivity index (χ0) is 27.8. The Kier molecular flexibility index (Phi) is 6.85. The number of aromatic nitrogens is 1. The van der Waals surface area contributed by atoms with Crippen molar-refractivity contribution in [3.8, 4) is 11.5 Å². The lowest BCUT2D eigenvalue weighted by molar-refractivity contribution is -0.119. The van der Waals surface area contributed by atoms with Crippen LogP contribution in [0.2, 0.25) is 0 Å². The molecule has 4 amide bonds. The predicted molar refractivity (Wildman–Crippen MR) is 156 cm³/mol. The molecule has 3 heterocycles. The van der Waals surface area contributed by atoms with E-state index in [1.807, 2.05) is 55.5 Å². The van der Waals surface area contributed by atoms with Gasteiger partial charge in [0, 0.05) is 25.2 Å². The number of aryl methyl sites for hydroxylation is 1. The van der Waals surface area contributed by atoms with Gasteiger partial charge in [-0.15, -0.1) is 11.3 Å². The average Bonchev–Trinajstić information content (AvgIpc) is 3.30. The van der Waals surface area contributed by atoms with E-state index in [4.69, 9.17) is 4.74 Å². The lowest BCUT2D eigenvalue weighted by Crippen LogP contribution is -2.43. The largest absolute Gasteiger partial charge is 0.457 e. The molecule has 0 radical (unpaired) electrons. The van der Waals surface area contributed by atoms with Crippen LogP contribution in [-0.4, -0.2) is 34.9 Å². The normalized spacial score (nSPS) is 18.2. The Balaban J connectivity index is 1.25. The quantitative estimate of drug-likeness (QED) is 0.260. The van der Waals surface area contributed by atoms with Gasteiger partial charge in [-0.2, -0.15) is 0 Å². The smallest absolute Gasteiger partial charge is 0.331 e. The highest BCUT2D eigenvalue weighted by Crippen LogP contribution is 2.46. The minimum Gasteiger partial charge on any atom is -0.457 e. The van der Waals surface area contributed by atoms with Gasteiger partial charge >= 0.3 is 6.03 Å². The molecule has 2 aromatic heterocycles. The average molecular weight is 556 g/mol. The monoisotopic (exact) mass is 555 g/mol. The number of carbonyl (C=O) groups excluding carboxylic acids is 3. The zero-order valence-corrected chi connectivity index (χ0v) is 23.0. The second-order valence-corrected chi connectivity index (χ2v) is 11.2. The molecule has 0 spiro atoms. The highest BCUT2D eigenvalue weighted by atomic mass is 32.1. The molecule has 1 aliphatic heterocycles. The number of para-hydroxylation sites is 1. The van der Waals surface area contributed by atoms with E-state index in [9.17, 15) is 14.4 Å². The Morgan fingerprint density at radius 3 is 2.40 bits per heavy atom. The van der Waals surface area contributed by atoms with Crippen LogP contribution in [-0.2, 0) is 4.79 Å². The maximum Gasteiger partial charge on any atom is 0.331 e. The highest BCUT2D eigenvalue weighted by Gasteiger charge is 2.34. The molecule has 10 heteroatoms. The van der Waals surface area contributed by atoms with Crippen LogP contribution in [0.3, 0.4) is 0 Å². The van der Waals surface area contributed by atoms with Crippen molar-refractivity contribution in [3.63, 3.8) is 0 Å². The summed E-state index contributed by atoms with van der Waals surface area (Å²) >= 11 is 1.27. The number of thiophene rings is 1. The number of urea groups is 1. The van der Waals surface area contributed by atoms with Gasteiger partial charge in [0.05, 0.1) is 22.4 Å². The summed E-state index contributed by atoms with van der Waals surface area (Å²) in [4.78, 5) is 45.5. The third-order valence-electron chi connectivity index (χ3n) is 7.31. The van der Waals surface area contributed by atoms with E-state index in [1.165, 1.54) is 18.3 Å². The lowest BCUT2D eigenvalue weighted by Gasteiger charge is -2.30. The van der Waals surface area contributed by atoms with Crippen molar-refractivity contribution in [1.29, 1.82) is 0 Å². The van der Waals surface area contributed by atoms with Crippen LogP contribution in [0.5, 0.6) is 11.5 Å². The molecule has 3 N–H and O–H groups in total. The standard InChI is InChI=1S/C30H29N5O4S/c1-17-16-22(39-21-6-4-3-5-7-21)12-13-23(17)35-24-14-15-31-29-25(24)26(34-30(35)38)27(40-29)28(37)33-20-10-8-19(9-11-20)32-18(2)36/h3-7,12-16,19-20H,8-11H2,1-2H3,(H,32,36)(H,33,37)(H,34,38)/t19-,20-. The Bertz CT molecular complexity index is 1610. The molecule has 1 fully saturated rings. The second-order valence-electron chi connectivity index (χ2n) is 10.2. The molecule has 6 rings (SSSR count). The number of amides is 4. The number of hydrogen-bond donors (Lipinski definition) is 3. The van der Waals surface area contributed by atoms with Crippen LogP contribution < -0.4 is 25.6 Å². The van der Waals surface area contributed by atoms with E-state index in [0.717, 1.165) is 42.4 Å². The fourth-order valence-electron chi connectivity index (χ4n) is 5.47. The molecule has 2 aliphatic rings.